The van der Waals surface area contributed by atoms with Gasteiger partial charge in [0.25, 0.3) is 0 Å². The minimum atomic E-state index is -1.22. The fraction of sp³-hybridized carbons (Fsp3) is 0.250. The van der Waals surface area contributed by atoms with Gasteiger partial charge in [-0.15, -0.1) is 0 Å². The highest BCUT2D eigenvalue weighted by Gasteiger charge is 2.20. The van der Waals surface area contributed by atoms with Crippen molar-refractivity contribution in [3.05, 3.63) is 38.8 Å². The van der Waals surface area contributed by atoms with Gasteiger partial charge in [0.2, 0.25) is 0 Å². The number of aromatic nitrogens is 1. The van der Waals surface area contributed by atoms with E-state index in [4.69, 9.17) is 5.11 Å². The summed E-state index contributed by atoms with van der Waals surface area (Å²) >= 11 is 0. The number of pyridine rings is 1. The Kier molecular flexibility index (Phi) is 2.84. The van der Waals surface area contributed by atoms with E-state index in [9.17, 15) is 19.7 Å². The first kappa shape index (κ1) is 10.9. The van der Waals surface area contributed by atoms with Crippen LogP contribution < -0.4 is 5.56 Å². The molecule has 1 N–H and O–H groups in total. The van der Waals surface area contributed by atoms with Crippen molar-refractivity contribution in [1.82, 2.24) is 4.57 Å². The Morgan fingerprint density at radius 2 is 2.27 bits per heavy atom. The summed E-state index contributed by atoms with van der Waals surface area (Å²) in [5.74, 6) is -1.22. The molecule has 0 aliphatic rings. The molecule has 1 rings (SSSR count). The molecule has 1 unspecified atom stereocenters. The maximum Gasteiger partial charge on any atom is 0.334 e. The predicted molar refractivity (Wildman–Crippen MR) is 49.7 cm³/mol. The van der Waals surface area contributed by atoms with Crippen LogP contribution in [0.2, 0.25) is 0 Å². The first-order valence-electron chi connectivity index (χ1n) is 4.03. The Morgan fingerprint density at radius 1 is 1.67 bits per heavy atom. The number of hydrogen-bond donors (Lipinski definition) is 1. The highest BCUT2D eigenvalue weighted by atomic mass is 16.6. The first-order valence-corrected chi connectivity index (χ1v) is 4.03. The Hall–Kier alpha value is -2.18. The molecule has 0 saturated carbocycles. The second-order valence-corrected chi connectivity index (χ2v) is 2.88. The van der Waals surface area contributed by atoms with Crippen molar-refractivity contribution in [3.8, 4) is 0 Å². The summed E-state index contributed by atoms with van der Waals surface area (Å²) in [6, 6.07) is 1.17. The molecule has 0 aromatic carbocycles. The summed E-state index contributed by atoms with van der Waals surface area (Å²) in [4.78, 5) is 31.6. The van der Waals surface area contributed by atoms with E-state index in [1.54, 1.807) is 0 Å². The summed E-state index contributed by atoms with van der Waals surface area (Å²) in [5.41, 5.74) is -1.55. The van der Waals surface area contributed by atoms with Gasteiger partial charge in [-0.1, -0.05) is 0 Å². The van der Waals surface area contributed by atoms with Crippen LogP contribution in [0.4, 0.5) is 5.69 Å². The lowest BCUT2D eigenvalue weighted by Gasteiger charge is -2.08. The molecule has 15 heavy (non-hydrogen) atoms. The number of aliphatic carboxylic acids is 1. The lowest BCUT2D eigenvalue weighted by Crippen LogP contribution is -2.28. The fourth-order valence-corrected chi connectivity index (χ4v) is 1.06. The number of carbonyl (C=O) groups is 1. The zero-order valence-corrected chi connectivity index (χ0v) is 7.78. The molecule has 1 atom stereocenters. The molecule has 0 amide bonds. The molecule has 0 saturated heterocycles. The highest BCUT2D eigenvalue weighted by Crippen LogP contribution is 2.07. The summed E-state index contributed by atoms with van der Waals surface area (Å²) in [6.07, 6.45) is 1.20. The second-order valence-electron chi connectivity index (χ2n) is 2.88. The highest BCUT2D eigenvalue weighted by molar-refractivity contribution is 5.71. The smallest absolute Gasteiger partial charge is 0.334 e. The first-order chi connectivity index (χ1) is 6.95. The van der Waals surface area contributed by atoms with Crippen molar-refractivity contribution in [1.29, 1.82) is 0 Å². The van der Waals surface area contributed by atoms with Crippen LogP contribution in [0.15, 0.2) is 23.1 Å². The van der Waals surface area contributed by atoms with Crippen LogP contribution in [0.1, 0.15) is 13.0 Å². The van der Waals surface area contributed by atoms with Crippen molar-refractivity contribution in [2.24, 2.45) is 0 Å². The van der Waals surface area contributed by atoms with Gasteiger partial charge in [0.1, 0.15) is 6.04 Å². The van der Waals surface area contributed by atoms with Crippen LogP contribution in [-0.4, -0.2) is 20.6 Å². The molecule has 0 aliphatic heterocycles. The molecule has 0 radical (unpaired) electrons. The van der Waals surface area contributed by atoms with Crippen molar-refractivity contribution in [3.63, 3.8) is 0 Å². The van der Waals surface area contributed by atoms with Crippen LogP contribution >= 0.6 is 0 Å². The van der Waals surface area contributed by atoms with E-state index in [0.29, 0.717) is 0 Å². The summed E-state index contributed by atoms with van der Waals surface area (Å²) in [7, 11) is 0. The number of nitro groups is 1. The number of nitrogens with zero attached hydrogens (tertiary/aromatic N) is 2. The van der Waals surface area contributed by atoms with Crippen molar-refractivity contribution in [2.75, 3.05) is 0 Å². The SMILES string of the molecule is CC(C(=O)O)n1cccc([N+](=O)[O-])c1=O. The Bertz CT molecular complexity index is 464. The van der Waals surface area contributed by atoms with Gasteiger partial charge in [-0.2, -0.15) is 0 Å². The maximum atomic E-state index is 11.4. The molecule has 80 valence electrons. The van der Waals surface area contributed by atoms with E-state index in [2.05, 4.69) is 0 Å². The third-order valence-electron chi connectivity index (χ3n) is 1.93. The molecule has 1 heterocycles. The van der Waals surface area contributed by atoms with Crippen LogP contribution in [0.3, 0.4) is 0 Å². The van der Waals surface area contributed by atoms with Crippen molar-refractivity contribution < 1.29 is 14.8 Å². The number of carboxylic acids is 1. The van der Waals surface area contributed by atoms with Gasteiger partial charge in [0.05, 0.1) is 4.92 Å². The van der Waals surface area contributed by atoms with Gasteiger partial charge in [0.15, 0.2) is 0 Å². The van der Waals surface area contributed by atoms with Crippen LogP contribution in [-0.2, 0) is 4.79 Å². The normalized spacial score (nSPS) is 12.1. The predicted octanol–water partition coefficient (Wildman–Crippen LogP) is 0.402. The molecule has 0 bridgehead atoms. The van der Waals surface area contributed by atoms with E-state index in [1.165, 1.54) is 19.2 Å². The molecular weight excluding hydrogens is 204 g/mol. The quantitative estimate of drug-likeness (QED) is 0.577. The fourth-order valence-electron chi connectivity index (χ4n) is 1.06. The second kappa shape index (κ2) is 3.91. The van der Waals surface area contributed by atoms with Crippen LogP contribution in [0.25, 0.3) is 0 Å². The van der Waals surface area contributed by atoms with Gasteiger partial charge in [-0.3, -0.25) is 19.5 Å². The average Bonchev–Trinajstić information content (AvgIpc) is 2.16. The average molecular weight is 212 g/mol. The summed E-state index contributed by atoms with van der Waals surface area (Å²) in [5, 5.41) is 19.1. The Morgan fingerprint density at radius 3 is 2.73 bits per heavy atom. The molecule has 7 nitrogen and oxygen atoms in total. The monoisotopic (exact) mass is 212 g/mol. The third-order valence-corrected chi connectivity index (χ3v) is 1.93. The third kappa shape index (κ3) is 2.01. The lowest BCUT2D eigenvalue weighted by molar-refractivity contribution is -0.386. The van der Waals surface area contributed by atoms with E-state index in [-0.39, 0.29) is 0 Å². The van der Waals surface area contributed by atoms with E-state index in [0.717, 1.165) is 10.6 Å². The van der Waals surface area contributed by atoms with Gasteiger partial charge >= 0.3 is 17.2 Å². The van der Waals surface area contributed by atoms with Gasteiger partial charge in [-0.25, -0.2) is 4.79 Å². The van der Waals surface area contributed by atoms with Gasteiger partial charge in [-0.05, 0) is 13.0 Å². The zero-order chi connectivity index (χ0) is 11.6. The molecular formula is C8H8N2O5. The molecule has 0 spiro atoms. The van der Waals surface area contributed by atoms with E-state index < -0.39 is 28.2 Å². The minimum Gasteiger partial charge on any atom is -0.480 e. The molecule has 1 aromatic rings. The standard InChI is InChI=1S/C8H8N2O5/c1-5(8(12)13)9-4-2-3-6(7(9)11)10(14)15/h2-5H,1H3,(H,12,13). The summed E-state index contributed by atoms with van der Waals surface area (Å²) in [6.45, 7) is 1.27. The topological polar surface area (TPSA) is 102 Å². The minimum absolute atomic E-state index is 0.634. The zero-order valence-electron chi connectivity index (χ0n) is 7.78. The van der Waals surface area contributed by atoms with Crippen LogP contribution in [0.5, 0.6) is 0 Å². The molecule has 0 fully saturated rings. The van der Waals surface area contributed by atoms with Crippen molar-refractivity contribution >= 4 is 11.7 Å². The number of carboxylic acid groups (broad SMARTS) is 1. The van der Waals surface area contributed by atoms with Gasteiger partial charge < -0.3 is 5.11 Å². The lowest BCUT2D eigenvalue weighted by atomic mass is 10.3. The van der Waals surface area contributed by atoms with Crippen molar-refractivity contribution in [2.45, 2.75) is 13.0 Å². The Balaban J connectivity index is 3.34. The largest absolute Gasteiger partial charge is 0.480 e. The van der Waals surface area contributed by atoms with E-state index >= 15 is 0 Å². The molecule has 1 aromatic heterocycles. The Labute approximate surface area is 83.7 Å². The van der Waals surface area contributed by atoms with Gasteiger partial charge in [0, 0.05) is 12.3 Å². The van der Waals surface area contributed by atoms with Crippen LogP contribution in [0, 0.1) is 10.1 Å². The van der Waals surface area contributed by atoms with E-state index in [1.807, 2.05) is 0 Å². The molecule has 7 heteroatoms. The molecule has 0 aliphatic carbocycles. The summed E-state index contributed by atoms with van der Waals surface area (Å²) < 4.78 is 0.806. The number of hydrogen-bond acceptors (Lipinski definition) is 4. The maximum absolute atomic E-state index is 11.4. The number of rotatable bonds is 3.